The number of carboxylic acid groups (broad SMARTS) is 1. The molecule has 1 saturated heterocycles. The van der Waals surface area contributed by atoms with Crippen LogP contribution in [0.5, 0.6) is 0 Å². The summed E-state index contributed by atoms with van der Waals surface area (Å²) in [6.45, 7) is 5.49. The molecule has 2 N–H and O–H groups in total. The van der Waals surface area contributed by atoms with Gasteiger partial charge < -0.3 is 15.3 Å². The van der Waals surface area contributed by atoms with Crippen molar-refractivity contribution in [3.8, 4) is 0 Å². The maximum absolute atomic E-state index is 10.6. The molecule has 0 unspecified atom stereocenters. The van der Waals surface area contributed by atoms with Crippen LogP contribution in [0.3, 0.4) is 0 Å². The van der Waals surface area contributed by atoms with Gasteiger partial charge in [-0.2, -0.15) is 0 Å². The second-order valence-corrected chi connectivity index (χ2v) is 6.54. The standard InChI is InChI=1S/C13H21N3O2S/c1-13(3-5-16(2)6-4-13)9-14-12-15-10(8-19-12)7-11(17)18/h8H,3-7,9H2,1-2H3,(H,14,15)(H,17,18). The lowest BCUT2D eigenvalue weighted by Crippen LogP contribution is -2.40. The number of aliphatic carboxylic acids is 1. The Morgan fingerprint density at radius 3 is 2.89 bits per heavy atom. The first-order valence-electron chi connectivity index (χ1n) is 6.55. The van der Waals surface area contributed by atoms with Crippen molar-refractivity contribution in [2.75, 3.05) is 32.0 Å². The maximum atomic E-state index is 10.6. The van der Waals surface area contributed by atoms with Gasteiger partial charge in [-0.15, -0.1) is 11.3 Å². The monoisotopic (exact) mass is 283 g/mol. The number of hydrogen-bond acceptors (Lipinski definition) is 5. The number of nitrogens with zero attached hydrogens (tertiary/aromatic N) is 2. The molecule has 0 bridgehead atoms. The Balaban J connectivity index is 1.84. The first kappa shape index (κ1) is 14.3. The average Bonchev–Trinajstić information content (AvgIpc) is 2.78. The Kier molecular flexibility index (Phi) is 4.42. The Bertz CT molecular complexity index is 439. The van der Waals surface area contributed by atoms with Gasteiger partial charge in [0.25, 0.3) is 0 Å². The highest BCUT2D eigenvalue weighted by molar-refractivity contribution is 7.13. The van der Waals surface area contributed by atoms with Gasteiger partial charge in [-0.1, -0.05) is 6.92 Å². The van der Waals surface area contributed by atoms with Crippen LogP contribution in [0.15, 0.2) is 5.38 Å². The number of carbonyl (C=O) groups is 1. The molecule has 1 aliphatic rings. The molecule has 106 valence electrons. The third-order valence-corrected chi connectivity index (χ3v) is 4.59. The molecular weight excluding hydrogens is 262 g/mol. The van der Waals surface area contributed by atoms with Crippen LogP contribution in [0.25, 0.3) is 0 Å². The molecule has 1 aromatic rings. The van der Waals surface area contributed by atoms with Crippen LogP contribution < -0.4 is 5.32 Å². The quantitative estimate of drug-likeness (QED) is 0.864. The average molecular weight is 283 g/mol. The summed E-state index contributed by atoms with van der Waals surface area (Å²) >= 11 is 1.48. The Hall–Kier alpha value is -1.14. The second kappa shape index (κ2) is 5.88. The van der Waals surface area contributed by atoms with Gasteiger partial charge in [-0.3, -0.25) is 4.79 Å². The van der Waals surface area contributed by atoms with Crippen molar-refractivity contribution >= 4 is 22.4 Å². The number of piperidine rings is 1. The summed E-state index contributed by atoms with van der Waals surface area (Å²) in [5, 5.41) is 14.7. The SMILES string of the molecule is CN1CCC(C)(CNc2nc(CC(=O)O)cs2)CC1. The van der Waals surface area contributed by atoms with Gasteiger partial charge in [0.2, 0.25) is 0 Å². The van der Waals surface area contributed by atoms with Crippen molar-refractivity contribution < 1.29 is 9.90 Å². The van der Waals surface area contributed by atoms with Crippen molar-refractivity contribution in [2.45, 2.75) is 26.2 Å². The van der Waals surface area contributed by atoms with Crippen LogP contribution in [0.1, 0.15) is 25.5 Å². The van der Waals surface area contributed by atoms with Crippen LogP contribution in [0, 0.1) is 5.41 Å². The molecule has 5 nitrogen and oxygen atoms in total. The van der Waals surface area contributed by atoms with E-state index in [2.05, 4.69) is 29.2 Å². The molecule has 0 aliphatic carbocycles. The summed E-state index contributed by atoms with van der Waals surface area (Å²) < 4.78 is 0. The molecule has 0 aromatic carbocycles. The van der Waals surface area contributed by atoms with Gasteiger partial charge in [0.15, 0.2) is 5.13 Å². The minimum Gasteiger partial charge on any atom is -0.481 e. The van der Waals surface area contributed by atoms with Crippen molar-refractivity contribution in [1.29, 1.82) is 0 Å². The predicted molar refractivity (Wildman–Crippen MR) is 76.8 cm³/mol. The van der Waals surface area contributed by atoms with E-state index in [1.54, 1.807) is 0 Å². The number of likely N-dealkylation sites (tertiary alicyclic amines) is 1. The number of aromatic nitrogens is 1. The first-order valence-corrected chi connectivity index (χ1v) is 7.43. The number of rotatable bonds is 5. The molecule has 0 atom stereocenters. The van der Waals surface area contributed by atoms with Crippen molar-refractivity contribution in [1.82, 2.24) is 9.88 Å². The number of nitrogens with one attached hydrogen (secondary N) is 1. The summed E-state index contributed by atoms with van der Waals surface area (Å²) in [4.78, 5) is 17.3. The third-order valence-electron chi connectivity index (χ3n) is 3.74. The van der Waals surface area contributed by atoms with Gasteiger partial charge in [0.1, 0.15) is 0 Å². The van der Waals surface area contributed by atoms with E-state index in [-0.39, 0.29) is 6.42 Å². The number of anilines is 1. The lowest BCUT2D eigenvalue weighted by Gasteiger charge is -2.37. The van der Waals surface area contributed by atoms with Gasteiger partial charge >= 0.3 is 5.97 Å². The summed E-state index contributed by atoms with van der Waals surface area (Å²) in [5.41, 5.74) is 0.944. The molecule has 19 heavy (non-hydrogen) atoms. The van der Waals surface area contributed by atoms with Crippen molar-refractivity contribution in [3.63, 3.8) is 0 Å². The van der Waals surface area contributed by atoms with Crippen LogP contribution in [-0.4, -0.2) is 47.6 Å². The highest BCUT2D eigenvalue weighted by Crippen LogP contribution is 2.31. The maximum Gasteiger partial charge on any atom is 0.309 e. The van der Waals surface area contributed by atoms with E-state index in [1.807, 2.05) is 5.38 Å². The molecular formula is C13H21N3O2S. The Morgan fingerprint density at radius 2 is 2.26 bits per heavy atom. The molecule has 0 amide bonds. The summed E-state index contributed by atoms with van der Waals surface area (Å²) in [6, 6.07) is 0. The van der Waals surface area contributed by atoms with E-state index in [0.29, 0.717) is 11.1 Å². The molecule has 6 heteroatoms. The Labute approximate surface area is 117 Å². The van der Waals surface area contributed by atoms with E-state index in [0.717, 1.165) is 24.8 Å². The molecule has 1 aliphatic heterocycles. The summed E-state index contributed by atoms with van der Waals surface area (Å²) in [7, 11) is 2.16. The largest absolute Gasteiger partial charge is 0.481 e. The smallest absolute Gasteiger partial charge is 0.309 e. The molecule has 2 heterocycles. The van der Waals surface area contributed by atoms with E-state index in [9.17, 15) is 4.79 Å². The van der Waals surface area contributed by atoms with E-state index >= 15 is 0 Å². The molecule has 1 aromatic heterocycles. The van der Waals surface area contributed by atoms with Gasteiger partial charge in [0.05, 0.1) is 12.1 Å². The minimum atomic E-state index is -0.834. The van der Waals surface area contributed by atoms with Crippen LogP contribution in [0.2, 0.25) is 0 Å². The van der Waals surface area contributed by atoms with E-state index < -0.39 is 5.97 Å². The topological polar surface area (TPSA) is 65.5 Å². The van der Waals surface area contributed by atoms with Crippen LogP contribution in [-0.2, 0) is 11.2 Å². The van der Waals surface area contributed by atoms with Gasteiger partial charge in [0, 0.05) is 11.9 Å². The summed E-state index contributed by atoms with van der Waals surface area (Å²) in [5.74, 6) is -0.834. The van der Waals surface area contributed by atoms with Gasteiger partial charge in [-0.05, 0) is 38.4 Å². The van der Waals surface area contributed by atoms with Crippen LogP contribution >= 0.6 is 11.3 Å². The minimum absolute atomic E-state index is 0.000241. The number of carboxylic acids is 1. The molecule has 2 rings (SSSR count). The van der Waals surface area contributed by atoms with Crippen molar-refractivity contribution in [3.05, 3.63) is 11.1 Å². The number of thiazole rings is 1. The lowest BCUT2D eigenvalue weighted by molar-refractivity contribution is -0.136. The lowest BCUT2D eigenvalue weighted by atomic mass is 9.80. The predicted octanol–water partition coefficient (Wildman–Crippen LogP) is 1.91. The fourth-order valence-electron chi connectivity index (χ4n) is 2.25. The fraction of sp³-hybridized carbons (Fsp3) is 0.692. The third kappa shape index (κ3) is 4.18. The molecule has 0 saturated carbocycles. The van der Waals surface area contributed by atoms with E-state index in [1.165, 1.54) is 24.2 Å². The zero-order valence-electron chi connectivity index (χ0n) is 11.5. The molecule has 1 fully saturated rings. The normalized spacial score (nSPS) is 19.3. The number of hydrogen-bond donors (Lipinski definition) is 2. The summed E-state index contributed by atoms with van der Waals surface area (Å²) in [6.07, 6.45) is 2.37. The van der Waals surface area contributed by atoms with E-state index in [4.69, 9.17) is 5.11 Å². The first-order chi connectivity index (χ1) is 8.97. The van der Waals surface area contributed by atoms with Gasteiger partial charge in [-0.25, -0.2) is 4.98 Å². The highest BCUT2D eigenvalue weighted by atomic mass is 32.1. The van der Waals surface area contributed by atoms with Crippen molar-refractivity contribution in [2.24, 2.45) is 5.41 Å². The molecule has 0 radical (unpaired) electrons. The highest BCUT2D eigenvalue weighted by Gasteiger charge is 2.28. The zero-order chi connectivity index (χ0) is 13.9. The second-order valence-electron chi connectivity index (χ2n) is 5.68. The zero-order valence-corrected chi connectivity index (χ0v) is 12.3. The fourth-order valence-corrected chi connectivity index (χ4v) is 2.96. The van der Waals surface area contributed by atoms with Crippen LogP contribution in [0.4, 0.5) is 5.13 Å². The molecule has 0 spiro atoms. The Morgan fingerprint density at radius 1 is 1.58 bits per heavy atom.